The number of carbonyl (C=O) groups excluding carboxylic acids is 2. The van der Waals surface area contributed by atoms with E-state index in [0.29, 0.717) is 22.5 Å². The van der Waals surface area contributed by atoms with Gasteiger partial charge in [-0.25, -0.2) is 4.98 Å². The first-order valence-corrected chi connectivity index (χ1v) is 8.02. The maximum absolute atomic E-state index is 12.1. The Morgan fingerprint density at radius 2 is 1.88 bits per heavy atom. The molecule has 3 aromatic rings. The topological polar surface area (TPSA) is 113 Å². The number of primary amides is 1. The van der Waals surface area contributed by atoms with Crippen molar-refractivity contribution in [3.63, 3.8) is 0 Å². The monoisotopic (exact) mass is 335 g/mol. The van der Waals surface area contributed by atoms with E-state index >= 15 is 0 Å². The Morgan fingerprint density at radius 3 is 2.52 bits per heavy atom. The van der Waals surface area contributed by atoms with Gasteiger partial charge < -0.3 is 21.4 Å². The summed E-state index contributed by atoms with van der Waals surface area (Å²) < 4.78 is 0. The Morgan fingerprint density at radius 1 is 1.12 bits per heavy atom. The molecule has 5 N–H and O–H groups in total. The molecule has 2 amide bonds. The number of rotatable bonds is 4. The van der Waals surface area contributed by atoms with Crippen LogP contribution >= 0.6 is 0 Å². The van der Waals surface area contributed by atoms with Crippen molar-refractivity contribution < 1.29 is 9.59 Å². The van der Waals surface area contributed by atoms with E-state index in [1.807, 2.05) is 18.2 Å². The lowest BCUT2D eigenvalue weighted by molar-refractivity contribution is 0.0923. The molecule has 0 atom stereocenters. The number of nitrogens with one attached hydrogen (secondary N) is 3. The van der Waals surface area contributed by atoms with Crippen LogP contribution < -0.4 is 16.4 Å². The molecular formula is C18H17N5O2. The van der Waals surface area contributed by atoms with E-state index in [-0.39, 0.29) is 11.9 Å². The van der Waals surface area contributed by atoms with Gasteiger partial charge in [0.25, 0.3) is 11.8 Å². The van der Waals surface area contributed by atoms with E-state index in [2.05, 4.69) is 20.6 Å². The molecule has 1 aromatic heterocycles. The smallest absolute Gasteiger partial charge is 0.251 e. The van der Waals surface area contributed by atoms with Crippen LogP contribution in [0.15, 0.2) is 42.5 Å². The number of imidazole rings is 1. The van der Waals surface area contributed by atoms with Crippen molar-refractivity contribution >= 4 is 22.8 Å². The molecule has 2 aromatic carbocycles. The maximum Gasteiger partial charge on any atom is 0.251 e. The summed E-state index contributed by atoms with van der Waals surface area (Å²) in [5.74, 6) is 0.0266. The third-order valence-electron chi connectivity index (χ3n) is 4.32. The summed E-state index contributed by atoms with van der Waals surface area (Å²) in [6.07, 6.45) is 0. The number of amides is 2. The predicted octanol–water partition coefficient (Wildman–Crippen LogP) is 1.03. The van der Waals surface area contributed by atoms with Gasteiger partial charge in [-0.2, -0.15) is 0 Å². The number of nitrogens with two attached hydrogens (primary N) is 1. The number of carbonyl (C=O) groups is 2. The van der Waals surface area contributed by atoms with E-state index in [1.54, 1.807) is 24.3 Å². The van der Waals surface area contributed by atoms with Gasteiger partial charge in [0.2, 0.25) is 0 Å². The lowest BCUT2D eigenvalue weighted by Crippen LogP contribution is -2.56. The van der Waals surface area contributed by atoms with E-state index in [0.717, 1.165) is 24.2 Å². The van der Waals surface area contributed by atoms with Crippen LogP contribution in [-0.2, 0) is 0 Å². The highest BCUT2D eigenvalue weighted by Crippen LogP contribution is 2.23. The van der Waals surface area contributed by atoms with Gasteiger partial charge in [0.15, 0.2) is 0 Å². The van der Waals surface area contributed by atoms with E-state index < -0.39 is 5.91 Å². The van der Waals surface area contributed by atoms with Crippen LogP contribution in [0.2, 0.25) is 0 Å². The number of aromatic nitrogens is 2. The molecule has 0 spiro atoms. The van der Waals surface area contributed by atoms with E-state index in [9.17, 15) is 9.59 Å². The largest absolute Gasteiger partial charge is 0.366 e. The summed E-state index contributed by atoms with van der Waals surface area (Å²) in [6.45, 7) is 1.62. The quantitative estimate of drug-likeness (QED) is 0.570. The van der Waals surface area contributed by atoms with Crippen molar-refractivity contribution in [1.29, 1.82) is 0 Å². The number of fused-ring (bicyclic) bond motifs is 1. The number of benzene rings is 2. The zero-order valence-electron chi connectivity index (χ0n) is 13.4. The third kappa shape index (κ3) is 2.85. The minimum Gasteiger partial charge on any atom is -0.366 e. The molecule has 7 heteroatoms. The summed E-state index contributed by atoms with van der Waals surface area (Å²) in [6, 6.07) is 12.6. The fraction of sp³-hybridized carbons (Fsp3) is 0.167. The maximum atomic E-state index is 12.1. The molecule has 2 heterocycles. The third-order valence-corrected chi connectivity index (χ3v) is 4.32. The second kappa shape index (κ2) is 6.03. The van der Waals surface area contributed by atoms with Gasteiger partial charge in [0.1, 0.15) is 11.3 Å². The van der Waals surface area contributed by atoms with Crippen molar-refractivity contribution in [2.45, 2.75) is 6.04 Å². The Kier molecular flexibility index (Phi) is 3.70. The van der Waals surface area contributed by atoms with Crippen molar-refractivity contribution in [2.75, 3.05) is 13.1 Å². The molecule has 7 nitrogen and oxygen atoms in total. The molecule has 4 rings (SSSR count). The second-order valence-electron chi connectivity index (χ2n) is 6.06. The summed E-state index contributed by atoms with van der Waals surface area (Å²) in [7, 11) is 0. The van der Waals surface area contributed by atoms with Gasteiger partial charge in [0, 0.05) is 24.2 Å². The zero-order chi connectivity index (χ0) is 17.4. The highest BCUT2D eigenvalue weighted by atomic mass is 16.2. The molecule has 0 saturated carbocycles. The fourth-order valence-electron chi connectivity index (χ4n) is 2.81. The van der Waals surface area contributed by atoms with Crippen LogP contribution in [0.4, 0.5) is 0 Å². The molecule has 126 valence electrons. The van der Waals surface area contributed by atoms with Crippen molar-refractivity contribution in [1.82, 2.24) is 20.6 Å². The molecule has 1 saturated heterocycles. The first-order valence-electron chi connectivity index (χ1n) is 8.02. The average Bonchev–Trinajstić information content (AvgIpc) is 3.02. The van der Waals surface area contributed by atoms with Crippen molar-refractivity contribution in [3.05, 3.63) is 53.6 Å². The van der Waals surface area contributed by atoms with Gasteiger partial charge in [-0.05, 0) is 24.3 Å². The van der Waals surface area contributed by atoms with E-state index in [1.165, 1.54) is 0 Å². The highest BCUT2D eigenvalue weighted by molar-refractivity contribution is 6.04. The Hall–Kier alpha value is -3.19. The molecule has 1 aliphatic rings. The van der Waals surface area contributed by atoms with Crippen molar-refractivity contribution in [3.8, 4) is 11.4 Å². The number of hydrogen-bond donors (Lipinski definition) is 4. The van der Waals surface area contributed by atoms with Gasteiger partial charge >= 0.3 is 0 Å². The first kappa shape index (κ1) is 15.3. The van der Waals surface area contributed by atoms with Crippen LogP contribution in [0.25, 0.3) is 22.4 Å². The minimum absolute atomic E-state index is 0.0846. The summed E-state index contributed by atoms with van der Waals surface area (Å²) in [4.78, 5) is 31.3. The molecule has 0 bridgehead atoms. The Bertz CT molecular complexity index is 957. The highest BCUT2D eigenvalue weighted by Gasteiger charge is 2.19. The van der Waals surface area contributed by atoms with Crippen LogP contribution in [0, 0.1) is 0 Å². The summed E-state index contributed by atoms with van der Waals surface area (Å²) >= 11 is 0. The normalized spacial score (nSPS) is 14.2. The van der Waals surface area contributed by atoms with E-state index in [4.69, 9.17) is 5.73 Å². The van der Waals surface area contributed by atoms with Crippen LogP contribution in [0.5, 0.6) is 0 Å². The van der Waals surface area contributed by atoms with Gasteiger partial charge in [0.05, 0.1) is 17.1 Å². The molecule has 0 radical (unpaired) electrons. The minimum atomic E-state index is -0.513. The molecule has 0 aliphatic carbocycles. The lowest BCUT2D eigenvalue weighted by atomic mass is 10.1. The second-order valence-corrected chi connectivity index (χ2v) is 6.06. The number of H-pyrrole nitrogens is 1. The molecular weight excluding hydrogens is 318 g/mol. The molecule has 0 unspecified atom stereocenters. The van der Waals surface area contributed by atoms with Crippen LogP contribution in [0.1, 0.15) is 20.7 Å². The SMILES string of the molecule is NC(=O)c1cccc2[nH]c(-c3ccc(C(=O)NC4CNC4)cc3)nc12. The zero-order valence-corrected chi connectivity index (χ0v) is 13.4. The summed E-state index contributed by atoms with van der Waals surface area (Å²) in [5, 5.41) is 6.07. The lowest BCUT2D eigenvalue weighted by Gasteiger charge is -2.27. The predicted molar refractivity (Wildman–Crippen MR) is 94.2 cm³/mol. The van der Waals surface area contributed by atoms with Crippen molar-refractivity contribution in [2.24, 2.45) is 5.73 Å². The number of para-hydroxylation sites is 1. The summed E-state index contributed by atoms with van der Waals surface area (Å²) in [5.41, 5.74) is 8.49. The average molecular weight is 335 g/mol. The number of nitrogens with zero attached hydrogens (tertiary/aromatic N) is 1. The Labute approximate surface area is 143 Å². The molecule has 25 heavy (non-hydrogen) atoms. The first-order chi connectivity index (χ1) is 12.1. The van der Waals surface area contributed by atoms with Gasteiger partial charge in [-0.1, -0.05) is 18.2 Å². The van der Waals surface area contributed by atoms with Crippen LogP contribution in [-0.4, -0.2) is 40.9 Å². The number of aromatic amines is 1. The number of hydrogen-bond acceptors (Lipinski definition) is 4. The molecule has 1 aliphatic heterocycles. The van der Waals surface area contributed by atoms with Gasteiger partial charge in [-0.15, -0.1) is 0 Å². The van der Waals surface area contributed by atoms with Gasteiger partial charge in [-0.3, -0.25) is 9.59 Å². The van der Waals surface area contributed by atoms with Crippen LogP contribution in [0.3, 0.4) is 0 Å². The fourth-order valence-corrected chi connectivity index (χ4v) is 2.81. The Balaban J connectivity index is 1.61. The standard InChI is InChI=1S/C18H17N5O2/c19-16(24)13-2-1-3-14-15(13)23-17(22-14)10-4-6-11(7-5-10)18(25)21-12-8-20-9-12/h1-7,12,20H,8-9H2,(H2,19,24)(H,21,25)(H,22,23). The molecule has 1 fully saturated rings.